The molecule has 8 heteroatoms. The van der Waals surface area contributed by atoms with E-state index in [0.717, 1.165) is 6.26 Å². The fraction of sp³-hybridized carbons (Fsp3) is 0.222. The number of hydrogen-bond acceptors (Lipinski definition) is 4. The molecule has 0 aliphatic rings. The molecule has 0 fully saturated rings. The Kier molecular flexibility index (Phi) is 6.39. The number of carbonyl (C=O) groups excluding carboxylic acids is 2. The second kappa shape index (κ2) is 8.33. The highest BCUT2D eigenvalue weighted by atomic mass is 35.5. The summed E-state index contributed by atoms with van der Waals surface area (Å²) in [5.74, 6) is -0.768. The zero-order valence-electron chi connectivity index (χ0n) is 14.4. The van der Waals surface area contributed by atoms with E-state index in [1.54, 1.807) is 55.6 Å². The second-order valence-electron chi connectivity index (χ2n) is 5.85. The third-order valence-electron chi connectivity index (χ3n) is 3.63. The normalized spacial score (nSPS) is 11.0. The zero-order chi connectivity index (χ0) is 19.3. The lowest BCUT2D eigenvalue weighted by molar-refractivity contribution is -0.115. The molecule has 0 atom stereocenters. The summed E-state index contributed by atoms with van der Waals surface area (Å²) >= 11 is 5.83. The maximum Gasteiger partial charge on any atom is 0.258 e. The van der Waals surface area contributed by atoms with Gasteiger partial charge < -0.3 is 10.2 Å². The highest BCUT2D eigenvalue weighted by Crippen LogP contribution is 2.20. The maximum atomic E-state index is 12.5. The first kappa shape index (κ1) is 19.9. The van der Waals surface area contributed by atoms with E-state index in [2.05, 4.69) is 5.32 Å². The Morgan fingerprint density at radius 3 is 2.15 bits per heavy atom. The molecule has 0 saturated heterocycles. The third-order valence-corrected chi connectivity index (χ3v) is 4.83. The van der Waals surface area contributed by atoms with Gasteiger partial charge in [-0.2, -0.15) is 0 Å². The number of halogens is 1. The SMILES string of the molecule is CN(C(=O)c1ccc(Cl)cc1)c1ccc(NC(=O)CCS(C)(=O)=O)cc1. The van der Waals surface area contributed by atoms with Crippen LogP contribution in [0.25, 0.3) is 0 Å². The average molecular weight is 395 g/mol. The molecular weight excluding hydrogens is 376 g/mol. The number of amides is 2. The molecule has 0 spiro atoms. The summed E-state index contributed by atoms with van der Waals surface area (Å²) in [7, 11) is -1.53. The summed E-state index contributed by atoms with van der Waals surface area (Å²) < 4.78 is 22.2. The van der Waals surface area contributed by atoms with Gasteiger partial charge >= 0.3 is 0 Å². The van der Waals surface area contributed by atoms with E-state index in [1.165, 1.54) is 4.90 Å². The quantitative estimate of drug-likeness (QED) is 0.816. The third kappa shape index (κ3) is 5.86. The molecule has 0 aliphatic carbocycles. The van der Waals surface area contributed by atoms with Crippen molar-refractivity contribution in [2.75, 3.05) is 29.3 Å². The Labute approximate surface area is 157 Å². The topological polar surface area (TPSA) is 83.6 Å². The Morgan fingerprint density at radius 1 is 1.04 bits per heavy atom. The minimum atomic E-state index is -3.18. The van der Waals surface area contributed by atoms with Crippen molar-refractivity contribution in [1.82, 2.24) is 0 Å². The molecule has 0 unspecified atom stereocenters. The molecule has 0 bridgehead atoms. The standard InChI is InChI=1S/C18H19ClN2O4S/c1-21(18(23)13-3-5-14(19)6-4-13)16-9-7-15(8-10-16)20-17(22)11-12-26(2,24)25/h3-10H,11-12H2,1-2H3,(H,20,22). The van der Waals surface area contributed by atoms with Gasteiger partial charge in [-0.1, -0.05) is 11.6 Å². The molecule has 6 nitrogen and oxygen atoms in total. The number of benzene rings is 2. The number of rotatable bonds is 6. The van der Waals surface area contributed by atoms with Crippen LogP contribution in [0.4, 0.5) is 11.4 Å². The summed E-state index contributed by atoms with van der Waals surface area (Å²) in [5.41, 5.74) is 1.69. The van der Waals surface area contributed by atoms with Gasteiger partial charge in [-0.25, -0.2) is 8.42 Å². The highest BCUT2D eigenvalue weighted by molar-refractivity contribution is 7.90. The lowest BCUT2D eigenvalue weighted by Gasteiger charge is -2.18. The maximum absolute atomic E-state index is 12.5. The molecular formula is C18H19ClN2O4S. The average Bonchev–Trinajstić information content (AvgIpc) is 2.59. The first-order valence-corrected chi connectivity index (χ1v) is 10.2. The number of hydrogen-bond donors (Lipinski definition) is 1. The molecule has 2 aromatic rings. The van der Waals surface area contributed by atoms with Gasteiger partial charge in [-0.15, -0.1) is 0 Å². The smallest absolute Gasteiger partial charge is 0.258 e. The van der Waals surface area contributed by atoms with Crippen molar-refractivity contribution in [3.05, 3.63) is 59.1 Å². The Hall–Kier alpha value is -2.38. The van der Waals surface area contributed by atoms with Crippen LogP contribution in [0.3, 0.4) is 0 Å². The minimum absolute atomic E-state index is 0.102. The van der Waals surface area contributed by atoms with E-state index in [4.69, 9.17) is 11.6 Å². The fourth-order valence-corrected chi connectivity index (χ4v) is 2.86. The summed E-state index contributed by atoms with van der Waals surface area (Å²) in [5, 5.41) is 3.18. The highest BCUT2D eigenvalue weighted by Gasteiger charge is 2.14. The molecule has 2 rings (SSSR count). The van der Waals surface area contributed by atoms with E-state index < -0.39 is 9.84 Å². The van der Waals surface area contributed by atoms with E-state index in [0.29, 0.717) is 22.0 Å². The predicted octanol–water partition coefficient (Wildman–Crippen LogP) is 2.99. The first-order chi connectivity index (χ1) is 12.2. The van der Waals surface area contributed by atoms with Crippen LogP contribution in [-0.4, -0.2) is 39.3 Å². The van der Waals surface area contributed by atoms with E-state index in [-0.39, 0.29) is 24.0 Å². The fourth-order valence-electron chi connectivity index (χ4n) is 2.17. The van der Waals surface area contributed by atoms with Crippen LogP contribution in [0.2, 0.25) is 5.02 Å². The number of nitrogens with one attached hydrogen (secondary N) is 1. The van der Waals surface area contributed by atoms with E-state index >= 15 is 0 Å². The predicted molar refractivity (Wildman–Crippen MR) is 104 cm³/mol. The number of nitrogens with zero attached hydrogens (tertiary/aromatic N) is 1. The molecule has 0 saturated carbocycles. The summed E-state index contributed by atoms with van der Waals surface area (Å²) in [6.07, 6.45) is 0.984. The van der Waals surface area contributed by atoms with Crippen molar-refractivity contribution in [2.45, 2.75) is 6.42 Å². The molecule has 1 N–H and O–H groups in total. The van der Waals surface area contributed by atoms with Crippen molar-refractivity contribution in [1.29, 1.82) is 0 Å². The van der Waals surface area contributed by atoms with Crippen molar-refractivity contribution < 1.29 is 18.0 Å². The van der Waals surface area contributed by atoms with E-state index in [9.17, 15) is 18.0 Å². The summed E-state index contributed by atoms with van der Waals surface area (Å²) in [6, 6.07) is 13.3. The lowest BCUT2D eigenvalue weighted by Crippen LogP contribution is -2.26. The van der Waals surface area contributed by atoms with Gasteiger partial charge in [0, 0.05) is 41.7 Å². The van der Waals surface area contributed by atoms with Crippen LogP contribution in [0.5, 0.6) is 0 Å². The van der Waals surface area contributed by atoms with Gasteiger partial charge in [-0.05, 0) is 48.5 Å². The molecule has 2 aromatic carbocycles. The first-order valence-electron chi connectivity index (χ1n) is 7.77. The Morgan fingerprint density at radius 2 is 1.62 bits per heavy atom. The van der Waals surface area contributed by atoms with Gasteiger partial charge in [0.1, 0.15) is 9.84 Å². The minimum Gasteiger partial charge on any atom is -0.326 e. The van der Waals surface area contributed by atoms with Gasteiger partial charge in [-0.3, -0.25) is 9.59 Å². The van der Waals surface area contributed by atoms with Crippen LogP contribution in [0.15, 0.2) is 48.5 Å². The number of sulfone groups is 1. The van der Waals surface area contributed by atoms with Gasteiger partial charge in [0.05, 0.1) is 5.75 Å². The summed E-state index contributed by atoms with van der Waals surface area (Å²) in [4.78, 5) is 25.7. The van der Waals surface area contributed by atoms with Gasteiger partial charge in [0.25, 0.3) is 5.91 Å². The van der Waals surface area contributed by atoms with Gasteiger partial charge in [0.15, 0.2) is 0 Å². The van der Waals surface area contributed by atoms with Crippen LogP contribution in [0.1, 0.15) is 16.8 Å². The zero-order valence-corrected chi connectivity index (χ0v) is 16.0. The van der Waals surface area contributed by atoms with Crippen LogP contribution in [0, 0.1) is 0 Å². The van der Waals surface area contributed by atoms with Crippen LogP contribution in [-0.2, 0) is 14.6 Å². The largest absolute Gasteiger partial charge is 0.326 e. The lowest BCUT2D eigenvalue weighted by atomic mass is 10.2. The van der Waals surface area contributed by atoms with Crippen molar-refractivity contribution in [2.24, 2.45) is 0 Å². The molecule has 0 heterocycles. The van der Waals surface area contributed by atoms with Gasteiger partial charge in [0.2, 0.25) is 5.91 Å². The summed E-state index contributed by atoms with van der Waals surface area (Å²) in [6.45, 7) is 0. The molecule has 138 valence electrons. The van der Waals surface area contributed by atoms with Crippen LogP contribution >= 0.6 is 11.6 Å². The van der Waals surface area contributed by atoms with E-state index in [1.807, 2.05) is 0 Å². The molecule has 2 amide bonds. The molecule has 0 aromatic heterocycles. The van der Waals surface area contributed by atoms with Crippen molar-refractivity contribution >= 4 is 44.6 Å². The van der Waals surface area contributed by atoms with Crippen molar-refractivity contribution in [3.63, 3.8) is 0 Å². The number of anilines is 2. The molecule has 26 heavy (non-hydrogen) atoms. The monoisotopic (exact) mass is 394 g/mol. The Bertz CT molecular complexity index is 894. The second-order valence-corrected chi connectivity index (χ2v) is 8.54. The Balaban J connectivity index is 2.00. The molecule has 0 aliphatic heterocycles. The molecule has 0 radical (unpaired) electrons. The van der Waals surface area contributed by atoms with Crippen LogP contribution < -0.4 is 10.2 Å². The number of carbonyl (C=O) groups is 2. The van der Waals surface area contributed by atoms with Crippen molar-refractivity contribution in [3.8, 4) is 0 Å².